The normalized spacial score (nSPS) is 11.5. The van der Waals surface area contributed by atoms with Gasteiger partial charge in [-0.2, -0.15) is 13.2 Å². The summed E-state index contributed by atoms with van der Waals surface area (Å²) in [5.74, 6) is -0.869. The third-order valence-electron chi connectivity index (χ3n) is 2.38. The molecule has 2 aromatic carbocycles. The van der Waals surface area contributed by atoms with E-state index in [0.29, 0.717) is 11.6 Å². The van der Waals surface area contributed by atoms with Crippen molar-refractivity contribution in [2.75, 3.05) is 0 Å². The lowest BCUT2D eigenvalue weighted by molar-refractivity contribution is -0.137. The quantitative estimate of drug-likeness (QED) is 0.643. The minimum absolute atomic E-state index is 0.165. The molecule has 0 radical (unpaired) electrons. The maximum atomic E-state index is 13.6. The second-order valence-corrected chi connectivity index (χ2v) is 3.56. The van der Waals surface area contributed by atoms with E-state index in [4.69, 9.17) is 0 Å². The van der Waals surface area contributed by atoms with Crippen LogP contribution in [-0.4, -0.2) is 0 Å². The molecule has 0 unspecified atom stereocenters. The Morgan fingerprint density at radius 2 is 1.47 bits per heavy atom. The van der Waals surface area contributed by atoms with E-state index in [1.807, 2.05) is 0 Å². The van der Waals surface area contributed by atoms with Gasteiger partial charge in [0, 0.05) is 5.56 Å². The molecule has 0 aromatic heterocycles. The van der Waals surface area contributed by atoms with Crippen molar-refractivity contribution in [1.82, 2.24) is 0 Å². The number of hydrogen-bond donors (Lipinski definition) is 0. The topological polar surface area (TPSA) is 0 Å². The first-order valence-corrected chi connectivity index (χ1v) is 4.90. The van der Waals surface area contributed by atoms with Gasteiger partial charge in [0.15, 0.2) is 0 Å². The first kappa shape index (κ1) is 11.6. The molecule has 2 aromatic rings. The summed E-state index contributed by atoms with van der Waals surface area (Å²) in [7, 11) is 0. The molecule has 0 aliphatic carbocycles. The summed E-state index contributed by atoms with van der Waals surface area (Å²) >= 11 is 0. The zero-order chi connectivity index (χ0) is 12.5. The average Bonchev–Trinajstić information content (AvgIpc) is 2.29. The maximum absolute atomic E-state index is 13.6. The number of benzene rings is 2. The van der Waals surface area contributed by atoms with Gasteiger partial charge in [-0.25, -0.2) is 4.39 Å². The zero-order valence-electron chi connectivity index (χ0n) is 8.63. The van der Waals surface area contributed by atoms with E-state index in [1.165, 1.54) is 0 Å². The predicted molar refractivity (Wildman–Crippen MR) is 56.8 cm³/mol. The van der Waals surface area contributed by atoms with Gasteiger partial charge in [-0.1, -0.05) is 36.4 Å². The highest BCUT2D eigenvalue weighted by Crippen LogP contribution is 2.32. The minimum atomic E-state index is -4.52. The monoisotopic (exact) mass is 240 g/mol. The molecule has 0 bridgehead atoms. The Labute approximate surface area is 95.5 Å². The number of alkyl halides is 3. The molecule has 0 fully saturated rings. The molecule has 0 nitrogen and oxygen atoms in total. The molecular formula is C13H8F4. The third-order valence-corrected chi connectivity index (χ3v) is 2.38. The van der Waals surface area contributed by atoms with Crippen LogP contribution >= 0.6 is 0 Å². The van der Waals surface area contributed by atoms with Crippen LogP contribution < -0.4 is 0 Å². The van der Waals surface area contributed by atoms with Crippen molar-refractivity contribution in [2.45, 2.75) is 6.18 Å². The molecule has 0 aliphatic rings. The molecule has 0 saturated carbocycles. The molecule has 0 amide bonds. The van der Waals surface area contributed by atoms with Crippen molar-refractivity contribution in [1.29, 1.82) is 0 Å². The fourth-order valence-corrected chi connectivity index (χ4v) is 1.54. The standard InChI is InChI=1S/C13H8F4/c14-12-8-10(13(15,16)17)6-7-11(12)9-4-2-1-3-5-9/h1-8H. The lowest BCUT2D eigenvalue weighted by Crippen LogP contribution is -2.05. The largest absolute Gasteiger partial charge is 0.416 e. The summed E-state index contributed by atoms with van der Waals surface area (Å²) in [5, 5.41) is 0. The molecule has 0 aliphatic heterocycles. The Hall–Kier alpha value is -1.84. The molecular weight excluding hydrogens is 232 g/mol. The van der Waals surface area contributed by atoms with Crippen LogP contribution in [0.1, 0.15) is 5.56 Å². The number of rotatable bonds is 1. The van der Waals surface area contributed by atoms with Crippen LogP contribution in [0.4, 0.5) is 17.6 Å². The van der Waals surface area contributed by atoms with Gasteiger partial charge < -0.3 is 0 Å². The van der Waals surface area contributed by atoms with E-state index in [9.17, 15) is 17.6 Å². The van der Waals surface area contributed by atoms with Gasteiger partial charge in [-0.15, -0.1) is 0 Å². The smallest absolute Gasteiger partial charge is 0.206 e. The van der Waals surface area contributed by atoms with Crippen LogP contribution in [0.2, 0.25) is 0 Å². The van der Waals surface area contributed by atoms with E-state index in [-0.39, 0.29) is 5.56 Å². The number of hydrogen-bond acceptors (Lipinski definition) is 0. The second kappa shape index (κ2) is 4.20. The van der Waals surface area contributed by atoms with Crippen LogP contribution in [0.3, 0.4) is 0 Å². The van der Waals surface area contributed by atoms with Crippen molar-refractivity contribution in [3.8, 4) is 11.1 Å². The zero-order valence-corrected chi connectivity index (χ0v) is 8.63. The molecule has 4 heteroatoms. The average molecular weight is 240 g/mol. The lowest BCUT2D eigenvalue weighted by Gasteiger charge is -2.09. The third kappa shape index (κ3) is 2.46. The van der Waals surface area contributed by atoms with Gasteiger partial charge in [0.2, 0.25) is 0 Å². The van der Waals surface area contributed by atoms with Crippen LogP contribution in [0.5, 0.6) is 0 Å². The molecule has 88 valence electrons. The van der Waals surface area contributed by atoms with E-state index in [1.54, 1.807) is 30.3 Å². The van der Waals surface area contributed by atoms with Crippen LogP contribution in [0.25, 0.3) is 11.1 Å². The maximum Gasteiger partial charge on any atom is 0.416 e. The molecule has 0 N–H and O–H groups in total. The van der Waals surface area contributed by atoms with E-state index >= 15 is 0 Å². The summed E-state index contributed by atoms with van der Waals surface area (Å²) in [4.78, 5) is 0. The van der Waals surface area contributed by atoms with Crippen molar-refractivity contribution in [3.05, 3.63) is 59.9 Å². The Bertz CT molecular complexity index is 515. The second-order valence-electron chi connectivity index (χ2n) is 3.56. The highest BCUT2D eigenvalue weighted by molar-refractivity contribution is 5.64. The van der Waals surface area contributed by atoms with Crippen LogP contribution in [0, 0.1) is 5.82 Å². The first-order valence-electron chi connectivity index (χ1n) is 4.90. The lowest BCUT2D eigenvalue weighted by atomic mass is 10.0. The summed E-state index contributed by atoms with van der Waals surface area (Å²) < 4.78 is 50.6. The fourth-order valence-electron chi connectivity index (χ4n) is 1.54. The van der Waals surface area contributed by atoms with Gasteiger partial charge in [0.1, 0.15) is 5.82 Å². The van der Waals surface area contributed by atoms with Gasteiger partial charge >= 0.3 is 6.18 Å². The molecule has 0 heterocycles. The van der Waals surface area contributed by atoms with E-state index < -0.39 is 17.6 Å². The predicted octanol–water partition coefficient (Wildman–Crippen LogP) is 4.51. The summed E-state index contributed by atoms with van der Waals surface area (Å²) in [6.45, 7) is 0. The van der Waals surface area contributed by atoms with E-state index in [2.05, 4.69) is 0 Å². The molecule has 0 spiro atoms. The van der Waals surface area contributed by atoms with Crippen molar-refractivity contribution >= 4 is 0 Å². The minimum Gasteiger partial charge on any atom is -0.206 e. The van der Waals surface area contributed by atoms with Crippen LogP contribution in [0.15, 0.2) is 48.5 Å². The Balaban J connectivity index is 2.46. The Morgan fingerprint density at radius 3 is 2.00 bits per heavy atom. The van der Waals surface area contributed by atoms with Crippen molar-refractivity contribution in [3.63, 3.8) is 0 Å². The van der Waals surface area contributed by atoms with Gasteiger partial charge in [0.25, 0.3) is 0 Å². The van der Waals surface area contributed by atoms with Gasteiger partial charge in [-0.05, 0) is 17.7 Å². The van der Waals surface area contributed by atoms with Crippen LogP contribution in [-0.2, 0) is 6.18 Å². The Kier molecular flexibility index (Phi) is 2.88. The molecule has 17 heavy (non-hydrogen) atoms. The molecule has 0 atom stereocenters. The van der Waals surface area contributed by atoms with Gasteiger partial charge in [0.05, 0.1) is 5.56 Å². The molecule has 0 saturated heterocycles. The van der Waals surface area contributed by atoms with Gasteiger partial charge in [-0.3, -0.25) is 0 Å². The number of halogens is 4. The Morgan fingerprint density at radius 1 is 0.824 bits per heavy atom. The fraction of sp³-hybridized carbons (Fsp3) is 0.0769. The highest BCUT2D eigenvalue weighted by atomic mass is 19.4. The summed E-state index contributed by atoms with van der Waals surface area (Å²) in [5.41, 5.74) is -0.257. The first-order chi connectivity index (χ1) is 7.98. The molecule has 2 rings (SSSR count). The van der Waals surface area contributed by atoms with Crippen molar-refractivity contribution in [2.24, 2.45) is 0 Å². The van der Waals surface area contributed by atoms with E-state index in [0.717, 1.165) is 12.1 Å². The highest BCUT2D eigenvalue weighted by Gasteiger charge is 2.31. The summed E-state index contributed by atoms with van der Waals surface area (Å²) in [6, 6.07) is 11.0. The van der Waals surface area contributed by atoms with Crippen molar-refractivity contribution < 1.29 is 17.6 Å². The summed E-state index contributed by atoms with van der Waals surface area (Å²) in [6.07, 6.45) is -4.52. The SMILES string of the molecule is Fc1cc(C(F)(F)F)ccc1-c1ccccc1.